The van der Waals surface area contributed by atoms with Crippen LogP contribution in [-0.4, -0.2) is 24.4 Å². The zero-order valence-electron chi connectivity index (χ0n) is 9.01. The number of rotatable bonds is 2. The summed E-state index contributed by atoms with van der Waals surface area (Å²) < 4.78 is 0.734. The topological polar surface area (TPSA) is 89.5 Å². The van der Waals surface area contributed by atoms with Gasteiger partial charge in [-0.1, -0.05) is 15.9 Å². The Labute approximate surface area is 106 Å². The van der Waals surface area contributed by atoms with Crippen molar-refractivity contribution >= 4 is 27.5 Å². The highest BCUT2D eigenvalue weighted by atomic mass is 79.9. The smallest absolute Gasteiger partial charge is 0.258 e. The van der Waals surface area contributed by atoms with E-state index < -0.39 is 22.9 Å². The average Bonchev–Trinajstić information content (AvgIpc) is 2.41. The van der Waals surface area contributed by atoms with E-state index in [0.717, 1.165) is 4.47 Å². The molecule has 6 nitrogen and oxygen atoms in total. The van der Waals surface area contributed by atoms with Gasteiger partial charge in [0, 0.05) is 27.7 Å². The number of nitrogens with zero attached hydrogens (tertiary/aromatic N) is 2. The van der Waals surface area contributed by atoms with Crippen molar-refractivity contribution in [1.82, 2.24) is 0 Å². The van der Waals surface area contributed by atoms with Gasteiger partial charge < -0.3 is 10.6 Å². The maximum Gasteiger partial charge on any atom is 0.258 e. The fraction of sp³-hybridized carbons (Fsp3) is 0.300. The van der Waals surface area contributed by atoms with Gasteiger partial charge in [-0.25, -0.2) is 0 Å². The van der Waals surface area contributed by atoms with Gasteiger partial charge >= 0.3 is 0 Å². The molecule has 7 heteroatoms. The lowest BCUT2D eigenvalue weighted by Gasteiger charge is -2.18. The van der Waals surface area contributed by atoms with Gasteiger partial charge in [-0.3, -0.25) is 14.9 Å². The van der Waals surface area contributed by atoms with Crippen molar-refractivity contribution < 1.29 is 9.72 Å². The van der Waals surface area contributed by atoms with Crippen molar-refractivity contribution in [3.8, 4) is 0 Å². The van der Waals surface area contributed by atoms with Crippen LogP contribution in [0.3, 0.4) is 0 Å². The molecule has 1 heterocycles. The first-order valence-electron chi connectivity index (χ1n) is 4.85. The van der Waals surface area contributed by atoms with E-state index in [9.17, 15) is 14.9 Å². The normalized spacial score (nSPS) is 22.8. The third kappa shape index (κ3) is 1.71. The molecule has 0 aromatic heterocycles. The Kier molecular flexibility index (Phi) is 2.67. The van der Waals surface area contributed by atoms with Crippen molar-refractivity contribution in [3.63, 3.8) is 0 Å². The lowest BCUT2D eigenvalue weighted by Crippen LogP contribution is -2.51. The van der Waals surface area contributed by atoms with E-state index in [1.807, 2.05) is 0 Å². The summed E-state index contributed by atoms with van der Waals surface area (Å²) in [5.41, 5.74) is 5.44. The van der Waals surface area contributed by atoms with Gasteiger partial charge in [0.25, 0.3) is 5.91 Å². The molecule has 2 N–H and O–H groups in total. The molecule has 1 atom stereocenters. The number of fused-ring (bicyclic) bond motifs is 1. The summed E-state index contributed by atoms with van der Waals surface area (Å²) in [5.74, 6) is -0.456. The van der Waals surface area contributed by atoms with Gasteiger partial charge in [0.05, 0.1) is 0 Å². The SMILES string of the molecule is CN1C(=O)[C@](N)(C[N+](=O)[O-])c2cc(Br)ccc21. The van der Waals surface area contributed by atoms with Crippen molar-refractivity contribution in [3.05, 3.63) is 38.3 Å². The number of benzene rings is 1. The second kappa shape index (κ2) is 3.78. The molecule has 2 rings (SSSR count). The first-order valence-corrected chi connectivity index (χ1v) is 5.64. The molecule has 0 saturated carbocycles. The number of nitrogens with two attached hydrogens (primary N) is 1. The van der Waals surface area contributed by atoms with Crippen molar-refractivity contribution in [2.45, 2.75) is 5.54 Å². The minimum atomic E-state index is -1.57. The highest BCUT2D eigenvalue weighted by Gasteiger charge is 2.50. The zero-order chi connectivity index (χ0) is 12.8. The number of anilines is 1. The van der Waals surface area contributed by atoms with E-state index in [4.69, 9.17) is 5.73 Å². The first kappa shape index (κ1) is 12.0. The standard InChI is InChI=1S/C10H10BrN3O3/c1-13-8-3-2-6(11)4-7(8)10(12,9(13)15)5-14(16)17/h2-4H,5,12H2,1H3/t10-/m0/s1. The lowest BCUT2D eigenvalue weighted by atomic mass is 9.93. The number of halogens is 1. The van der Waals surface area contributed by atoms with Crippen LogP contribution in [0.25, 0.3) is 0 Å². The Morgan fingerprint density at radius 3 is 2.82 bits per heavy atom. The molecule has 0 radical (unpaired) electrons. The molecule has 1 aromatic carbocycles. The Morgan fingerprint density at radius 1 is 1.59 bits per heavy atom. The Hall–Kier alpha value is -1.47. The molecule has 0 aliphatic carbocycles. The van der Waals surface area contributed by atoms with Crippen LogP contribution in [0.5, 0.6) is 0 Å². The number of likely N-dealkylation sites (N-methyl/N-ethyl adjacent to an activating group) is 1. The molecule has 0 spiro atoms. The monoisotopic (exact) mass is 299 g/mol. The summed E-state index contributed by atoms with van der Waals surface area (Å²) in [6, 6.07) is 5.13. The highest BCUT2D eigenvalue weighted by Crippen LogP contribution is 2.39. The van der Waals surface area contributed by atoms with Crippen LogP contribution in [0, 0.1) is 10.1 Å². The van der Waals surface area contributed by atoms with Crippen molar-refractivity contribution in [2.24, 2.45) is 5.73 Å². The van der Waals surface area contributed by atoms with E-state index in [0.29, 0.717) is 11.3 Å². The number of amides is 1. The molecule has 17 heavy (non-hydrogen) atoms. The van der Waals surface area contributed by atoms with Gasteiger partial charge in [-0.15, -0.1) is 0 Å². The Bertz CT molecular complexity index is 520. The lowest BCUT2D eigenvalue weighted by molar-refractivity contribution is -0.487. The molecule has 0 unspecified atom stereocenters. The summed E-state index contributed by atoms with van der Waals surface area (Å²) in [5, 5.41) is 10.7. The molecule has 1 aromatic rings. The molecular formula is C10H10BrN3O3. The maximum absolute atomic E-state index is 12.0. The minimum Gasteiger partial charge on any atom is -0.313 e. The molecule has 1 aliphatic rings. The minimum absolute atomic E-state index is 0.456. The molecule has 1 amide bonds. The third-order valence-corrected chi connectivity index (χ3v) is 3.36. The molecule has 0 saturated heterocycles. The van der Waals surface area contributed by atoms with Crippen LogP contribution >= 0.6 is 15.9 Å². The number of hydrogen-bond acceptors (Lipinski definition) is 4. The summed E-state index contributed by atoms with van der Waals surface area (Å²) in [6.45, 7) is -0.611. The summed E-state index contributed by atoms with van der Waals surface area (Å²) in [7, 11) is 1.56. The van der Waals surface area contributed by atoms with Gasteiger partial charge in [-0.05, 0) is 18.2 Å². The molecule has 0 bridgehead atoms. The van der Waals surface area contributed by atoms with E-state index in [2.05, 4.69) is 15.9 Å². The molecular weight excluding hydrogens is 290 g/mol. The number of carbonyl (C=O) groups is 1. The summed E-state index contributed by atoms with van der Waals surface area (Å²) in [6.07, 6.45) is 0. The van der Waals surface area contributed by atoms with Crippen LogP contribution in [0.15, 0.2) is 22.7 Å². The highest BCUT2D eigenvalue weighted by molar-refractivity contribution is 9.10. The predicted octanol–water partition coefficient (Wildman–Crippen LogP) is 0.856. The van der Waals surface area contributed by atoms with Gasteiger partial charge in [-0.2, -0.15) is 0 Å². The number of carbonyl (C=O) groups excluding carboxylic acids is 1. The second-order valence-corrected chi connectivity index (χ2v) is 4.90. The summed E-state index contributed by atoms with van der Waals surface area (Å²) >= 11 is 3.27. The fourth-order valence-corrected chi connectivity index (χ4v) is 2.40. The van der Waals surface area contributed by atoms with Crippen molar-refractivity contribution in [1.29, 1.82) is 0 Å². The van der Waals surface area contributed by atoms with Gasteiger partial charge in [0.2, 0.25) is 6.54 Å². The molecule has 90 valence electrons. The zero-order valence-corrected chi connectivity index (χ0v) is 10.6. The van der Waals surface area contributed by atoms with Crippen LogP contribution in [0.2, 0.25) is 0 Å². The maximum atomic E-state index is 12.0. The third-order valence-electron chi connectivity index (χ3n) is 2.87. The number of hydrogen-bond donors (Lipinski definition) is 1. The number of nitro groups is 1. The summed E-state index contributed by atoms with van der Waals surface area (Å²) in [4.78, 5) is 23.4. The molecule has 1 aliphatic heterocycles. The first-order chi connectivity index (χ1) is 7.86. The van der Waals surface area contributed by atoms with Crippen molar-refractivity contribution in [2.75, 3.05) is 18.5 Å². The largest absolute Gasteiger partial charge is 0.313 e. The van der Waals surface area contributed by atoms with E-state index in [1.165, 1.54) is 4.90 Å². The quantitative estimate of drug-likeness (QED) is 0.648. The van der Waals surface area contributed by atoms with Gasteiger partial charge in [0.1, 0.15) is 0 Å². The second-order valence-electron chi connectivity index (χ2n) is 3.99. The predicted molar refractivity (Wildman–Crippen MR) is 65.3 cm³/mol. The fourth-order valence-electron chi connectivity index (χ4n) is 2.04. The van der Waals surface area contributed by atoms with Crippen LogP contribution in [-0.2, 0) is 10.3 Å². The Balaban J connectivity index is 2.60. The van der Waals surface area contributed by atoms with Crippen LogP contribution in [0.1, 0.15) is 5.56 Å². The van der Waals surface area contributed by atoms with Gasteiger partial charge in [0.15, 0.2) is 5.54 Å². The van der Waals surface area contributed by atoms with Crippen LogP contribution in [0.4, 0.5) is 5.69 Å². The van der Waals surface area contributed by atoms with Crippen LogP contribution < -0.4 is 10.6 Å². The Morgan fingerprint density at radius 2 is 2.24 bits per heavy atom. The van der Waals surface area contributed by atoms with E-state index >= 15 is 0 Å². The van der Waals surface area contributed by atoms with E-state index in [-0.39, 0.29) is 0 Å². The average molecular weight is 300 g/mol. The van der Waals surface area contributed by atoms with E-state index in [1.54, 1.807) is 25.2 Å². The molecule has 0 fully saturated rings.